The number of carbonyl (C=O) groups is 1. The summed E-state index contributed by atoms with van der Waals surface area (Å²) in [6.07, 6.45) is 4.55. The molecule has 0 bridgehead atoms. The second-order valence-corrected chi connectivity index (χ2v) is 3.74. The van der Waals surface area contributed by atoms with Crippen LogP contribution in [0.4, 0.5) is 5.69 Å². The average molecular weight is 249 g/mol. The van der Waals surface area contributed by atoms with E-state index in [0.29, 0.717) is 6.54 Å². The number of nitrogens with one attached hydrogen (secondary N) is 2. The Morgan fingerprint density at radius 3 is 3.00 bits per heavy atom. The van der Waals surface area contributed by atoms with Crippen LogP contribution in [-0.2, 0) is 13.6 Å². The highest BCUT2D eigenvalue weighted by Gasteiger charge is 2.17. The molecule has 2 rings (SSSR count). The highest BCUT2D eigenvalue weighted by Crippen LogP contribution is 2.15. The molecule has 2 N–H and O–H groups in total. The predicted octanol–water partition coefficient (Wildman–Crippen LogP) is 0.586. The maximum atomic E-state index is 11.8. The lowest BCUT2D eigenvalue weighted by Crippen LogP contribution is -2.24. The first kappa shape index (κ1) is 11.8. The molecule has 0 saturated carbocycles. The molecule has 8 heteroatoms. The molecule has 0 fully saturated rings. The van der Waals surface area contributed by atoms with Crippen molar-refractivity contribution in [2.75, 3.05) is 0 Å². The third-order valence-electron chi connectivity index (χ3n) is 2.44. The molecule has 0 saturated heterocycles. The zero-order valence-electron chi connectivity index (χ0n) is 9.58. The molecule has 18 heavy (non-hydrogen) atoms. The maximum Gasteiger partial charge on any atom is 0.287 e. The van der Waals surface area contributed by atoms with E-state index in [1.165, 1.54) is 16.8 Å². The minimum atomic E-state index is -0.535. The van der Waals surface area contributed by atoms with Crippen molar-refractivity contribution in [2.24, 2.45) is 7.05 Å². The fourth-order valence-corrected chi connectivity index (χ4v) is 1.52. The normalized spacial score (nSPS) is 10.3. The Balaban J connectivity index is 2.06. The second kappa shape index (κ2) is 4.70. The standard InChI is InChI=1S/C10H11N5O3/c1-14-6-8(15(17)18)2-9(14)10(16)11-3-7-4-12-13-5-7/h2,4-6H,3H2,1H3,(H,11,16)(H,12,13). The summed E-state index contributed by atoms with van der Waals surface area (Å²) in [5.74, 6) is -0.369. The Hall–Kier alpha value is -2.64. The molecule has 94 valence electrons. The number of aromatic nitrogens is 3. The third-order valence-corrected chi connectivity index (χ3v) is 2.44. The van der Waals surface area contributed by atoms with E-state index in [2.05, 4.69) is 15.5 Å². The van der Waals surface area contributed by atoms with Gasteiger partial charge in [-0.3, -0.25) is 20.0 Å². The van der Waals surface area contributed by atoms with E-state index < -0.39 is 4.92 Å². The SMILES string of the molecule is Cn1cc([N+](=O)[O-])cc1C(=O)NCc1cn[nH]c1. The summed E-state index contributed by atoms with van der Waals surface area (Å²) < 4.78 is 1.42. The van der Waals surface area contributed by atoms with Gasteiger partial charge < -0.3 is 9.88 Å². The first-order valence-corrected chi connectivity index (χ1v) is 5.14. The van der Waals surface area contributed by atoms with Crippen molar-refractivity contribution < 1.29 is 9.72 Å². The van der Waals surface area contributed by atoms with Gasteiger partial charge in [-0.25, -0.2) is 0 Å². The van der Waals surface area contributed by atoms with Crippen LogP contribution < -0.4 is 5.32 Å². The molecule has 0 spiro atoms. The minimum absolute atomic E-state index is 0.106. The lowest BCUT2D eigenvalue weighted by Gasteiger charge is -2.03. The van der Waals surface area contributed by atoms with E-state index in [1.54, 1.807) is 19.4 Å². The summed E-state index contributed by atoms with van der Waals surface area (Å²) in [6.45, 7) is 0.314. The van der Waals surface area contributed by atoms with Crippen molar-refractivity contribution in [1.29, 1.82) is 0 Å². The third kappa shape index (κ3) is 2.37. The molecule has 0 atom stereocenters. The summed E-state index contributed by atoms with van der Waals surface area (Å²) in [6, 6.07) is 1.24. The van der Waals surface area contributed by atoms with E-state index in [-0.39, 0.29) is 17.3 Å². The zero-order chi connectivity index (χ0) is 13.1. The molecule has 2 aromatic heterocycles. The fraction of sp³-hybridized carbons (Fsp3) is 0.200. The fourth-order valence-electron chi connectivity index (χ4n) is 1.52. The molecule has 8 nitrogen and oxygen atoms in total. The van der Waals surface area contributed by atoms with Crippen molar-refractivity contribution >= 4 is 11.6 Å². The van der Waals surface area contributed by atoms with E-state index in [9.17, 15) is 14.9 Å². The number of rotatable bonds is 4. The minimum Gasteiger partial charge on any atom is -0.347 e. The molecule has 0 aliphatic rings. The number of aryl methyl sites for hydroxylation is 1. The maximum absolute atomic E-state index is 11.8. The molecular weight excluding hydrogens is 238 g/mol. The van der Waals surface area contributed by atoms with Crippen molar-refractivity contribution in [3.63, 3.8) is 0 Å². The smallest absolute Gasteiger partial charge is 0.287 e. The summed E-state index contributed by atoms with van der Waals surface area (Å²) in [5, 5.41) is 19.6. The first-order chi connectivity index (χ1) is 8.58. The Labute approximate surface area is 102 Å². The lowest BCUT2D eigenvalue weighted by molar-refractivity contribution is -0.384. The highest BCUT2D eigenvalue weighted by atomic mass is 16.6. The predicted molar refractivity (Wildman–Crippen MR) is 61.8 cm³/mol. The van der Waals surface area contributed by atoms with Crippen LogP contribution in [0.3, 0.4) is 0 Å². The van der Waals surface area contributed by atoms with Crippen LogP contribution in [0, 0.1) is 10.1 Å². The van der Waals surface area contributed by atoms with Gasteiger partial charge >= 0.3 is 0 Å². The van der Waals surface area contributed by atoms with E-state index in [0.717, 1.165) is 5.56 Å². The average Bonchev–Trinajstić information content (AvgIpc) is 2.94. The largest absolute Gasteiger partial charge is 0.347 e. The number of carbonyl (C=O) groups excluding carboxylic acids is 1. The van der Waals surface area contributed by atoms with Crippen molar-refractivity contribution in [2.45, 2.75) is 6.54 Å². The number of nitro groups is 1. The van der Waals surface area contributed by atoms with Gasteiger partial charge in [-0.05, 0) is 0 Å². The van der Waals surface area contributed by atoms with Gasteiger partial charge in [0.2, 0.25) is 0 Å². The van der Waals surface area contributed by atoms with E-state index >= 15 is 0 Å². The number of nitrogens with zero attached hydrogens (tertiary/aromatic N) is 3. The Morgan fingerprint density at radius 2 is 2.44 bits per heavy atom. The molecule has 0 radical (unpaired) electrons. The van der Waals surface area contributed by atoms with Crippen LogP contribution in [0.25, 0.3) is 0 Å². The van der Waals surface area contributed by atoms with Gasteiger partial charge in [0.15, 0.2) is 0 Å². The van der Waals surface area contributed by atoms with Gasteiger partial charge in [-0.1, -0.05) is 0 Å². The van der Waals surface area contributed by atoms with Gasteiger partial charge in [0.1, 0.15) is 5.69 Å². The molecule has 0 unspecified atom stereocenters. The molecular formula is C10H11N5O3. The van der Waals surface area contributed by atoms with Gasteiger partial charge in [0.25, 0.3) is 11.6 Å². The topological polar surface area (TPSA) is 106 Å². The van der Waals surface area contributed by atoms with E-state index in [1.807, 2.05) is 0 Å². The number of hydrogen-bond acceptors (Lipinski definition) is 4. The number of amides is 1. The number of H-pyrrole nitrogens is 1. The van der Waals surface area contributed by atoms with Crippen molar-refractivity contribution in [1.82, 2.24) is 20.1 Å². The highest BCUT2D eigenvalue weighted by molar-refractivity contribution is 5.93. The zero-order valence-corrected chi connectivity index (χ0v) is 9.58. The Kier molecular flexibility index (Phi) is 3.09. The van der Waals surface area contributed by atoms with Gasteiger partial charge in [0, 0.05) is 31.4 Å². The molecule has 0 aliphatic heterocycles. The van der Waals surface area contributed by atoms with Crippen LogP contribution >= 0.6 is 0 Å². The van der Waals surface area contributed by atoms with Gasteiger partial charge in [-0.15, -0.1) is 0 Å². The summed E-state index contributed by atoms with van der Waals surface area (Å²) in [4.78, 5) is 21.9. The van der Waals surface area contributed by atoms with Crippen LogP contribution in [-0.4, -0.2) is 25.6 Å². The molecule has 1 amide bonds. The lowest BCUT2D eigenvalue weighted by atomic mass is 10.3. The summed E-state index contributed by atoms with van der Waals surface area (Å²) in [5.41, 5.74) is 0.961. The van der Waals surface area contributed by atoms with Gasteiger partial charge in [0.05, 0.1) is 17.3 Å². The van der Waals surface area contributed by atoms with Crippen LogP contribution in [0.1, 0.15) is 16.1 Å². The molecule has 2 aromatic rings. The molecule has 2 heterocycles. The Bertz CT molecular complexity index is 572. The van der Waals surface area contributed by atoms with Gasteiger partial charge in [-0.2, -0.15) is 5.10 Å². The van der Waals surface area contributed by atoms with Crippen LogP contribution in [0.2, 0.25) is 0 Å². The quantitative estimate of drug-likeness (QED) is 0.610. The number of hydrogen-bond donors (Lipinski definition) is 2. The Morgan fingerprint density at radius 1 is 1.67 bits per heavy atom. The van der Waals surface area contributed by atoms with Crippen LogP contribution in [0.5, 0.6) is 0 Å². The monoisotopic (exact) mass is 249 g/mol. The van der Waals surface area contributed by atoms with E-state index in [4.69, 9.17) is 0 Å². The van der Waals surface area contributed by atoms with Crippen LogP contribution in [0.15, 0.2) is 24.7 Å². The molecule has 0 aliphatic carbocycles. The van der Waals surface area contributed by atoms with Crippen molar-refractivity contribution in [3.05, 3.63) is 46.0 Å². The van der Waals surface area contributed by atoms with Crippen molar-refractivity contribution in [3.8, 4) is 0 Å². The molecule has 0 aromatic carbocycles. The second-order valence-electron chi connectivity index (χ2n) is 3.74. The number of aromatic amines is 1. The first-order valence-electron chi connectivity index (χ1n) is 5.14. The summed E-state index contributed by atoms with van der Waals surface area (Å²) >= 11 is 0. The summed E-state index contributed by atoms with van der Waals surface area (Å²) in [7, 11) is 1.58.